The van der Waals surface area contributed by atoms with Gasteiger partial charge in [0.15, 0.2) is 0 Å². The molecule has 0 aliphatic heterocycles. The van der Waals surface area contributed by atoms with Gasteiger partial charge in [-0.25, -0.2) is 9.50 Å². The van der Waals surface area contributed by atoms with Gasteiger partial charge in [0.25, 0.3) is 11.7 Å². The number of carbonyl (C=O) groups is 1. The minimum atomic E-state index is -0.417. The quantitative estimate of drug-likeness (QED) is 0.789. The topological polar surface area (TPSA) is 92.4 Å². The highest BCUT2D eigenvalue weighted by Gasteiger charge is 2.16. The van der Waals surface area contributed by atoms with E-state index in [9.17, 15) is 4.79 Å². The number of aromatic nitrogens is 4. The number of aliphatic hydroxyl groups is 1. The van der Waals surface area contributed by atoms with Crippen molar-refractivity contribution < 1.29 is 9.90 Å². The molecule has 2 heterocycles. The fourth-order valence-electron chi connectivity index (χ4n) is 1.60. The Morgan fingerprint density at radius 2 is 2.22 bits per heavy atom. The summed E-state index contributed by atoms with van der Waals surface area (Å²) in [5, 5.41) is 15.6. The average Bonchev–Trinajstić information content (AvgIpc) is 2.72. The molecule has 18 heavy (non-hydrogen) atoms. The number of carbonyl (C=O) groups excluding carboxylic acids is 1. The van der Waals surface area contributed by atoms with Crippen molar-refractivity contribution in [3.63, 3.8) is 0 Å². The van der Waals surface area contributed by atoms with Crippen molar-refractivity contribution >= 4 is 11.7 Å². The van der Waals surface area contributed by atoms with Gasteiger partial charge in [0, 0.05) is 17.4 Å². The van der Waals surface area contributed by atoms with Crippen molar-refractivity contribution in [2.45, 2.75) is 26.8 Å². The molecule has 1 amide bonds. The lowest BCUT2D eigenvalue weighted by molar-refractivity contribution is 0.0912. The van der Waals surface area contributed by atoms with Gasteiger partial charge in [-0.1, -0.05) is 0 Å². The Balaban J connectivity index is 2.35. The van der Waals surface area contributed by atoms with Crippen molar-refractivity contribution in [3.8, 4) is 0 Å². The van der Waals surface area contributed by atoms with Crippen LogP contribution in [0.3, 0.4) is 0 Å². The van der Waals surface area contributed by atoms with Crippen LogP contribution in [-0.2, 0) is 0 Å². The fraction of sp³-hybridized carbons (Fsp3) is 0.455. The molecule has 0 aliphatic carbocycles. The number of fused-ring (bicyclic) bond motifs is 1. The van der Waals surface area contributed by atoms with E-state index in [1.807, 2.05) is 19.9 Å². The number of amides is 1. The third kappa shape index (κ3) is 2.30. The number of nitrogens with zero attached hydrogens (tertiary/aromatic N) is 4. The van der Waals surface area contributed by atoms with Gasteiger partial charge in [-0.3, -0.25) is 4.79 Å². The summed E-state index contributed by atoms with van der Waals surface area (Å²) in [6.07, 6.45) is 0. The van der Waals surface area contributed by atoms with Crippen LogP contribution in [0.1, 0.15) is 28.9 Å². The van der Waals surface area contributed by atoms with Crippen LogP contribution in [0, 0.1) is 13.8 Å². The van der Waals surface area contributed by atoms with Gasteiger partial charge in [-0.05, 0) is 26.8 Å². The second-order valence-corrected chi connectivity index (χ2v) is 4.24. The molecular formula is C11H15N5O2. The van der Waals surface area contributed by atoms with E-state index in [0.29, 0.717) is 5.78 Å². The third-order valence-electron chi connectivity index (χ3n) is 2.47. The van der Waals surface area contributed by atoms with Gasteiger partial charge in [0.1, 0.15) is 0 Å². The normalized spacial score (nSPS) is 12.7. The Morgan fingerprint density at radius 3 is 2.89 bits per heavy atom. The summed E-state index contributed by atoms with van der Waals surface area (Å²) in [5.41, 5.74) is 1.68. The summed E-state index contributed by atoms with van der Waals surface area (Å²) in [7, 11) is 0. The van der Waals surface area contributed by atoms with Crippen molar-refractivity contribution in [3.05, 3.63) is 23.3 Å². The van der Waals surface area contributed by atoms with Gasteiger partial charge in [-0.15, -0.1) is 5.10 Å². The van der Waals surface area contributed by atoms with E-state index in [-0.39, 0.29) is 18.5 Å². The van der Waals surface area contributed by atoms with Crippen LogP contribution in [0.5, 0.6) is 0 Å². The Bertz CT molecular complexity index is 592. The lowest BCUT2D eigenvalue weighted by Gasteiger charge is -2.07. The molecule has 0 saturated carbocycles. The molecule has 1 unspecified atom stereocenters. The van der Waals surface area contributed by atoms with Crippen LogP contribution in [0.2, 0.25) is 0 Å². The maximum Gasteiger partial charge on any atom is 0.291 e. The van der Waals surface area contributed by atoms with Crippen molar-refractivity contribution in [1.82, 2.24) is 24.9 Å². The van der Waals surface area contributed by atoms with Crippen molar-refractivity contribution in [2.75, 3.05) is 6.61 Å². The van der Waals surface area contributed by atoms with Crippen LogP contribution in [-0.4, -0.2) is 43.2 Å². The maximum atomic E-state index is 11.8. The van der Waals surface area contributed by atoms with Crippen LogP contribution >= 0.6 is 0 Å². The van der Waals surface area contributed by atoms with Crippen LogP contribution in [0.4, 0.5) is 0 Å². The first-order valence-electron chi connectivity index (χ1n) is 5.64. The molecule has 2 rings (SSSR count). The summed E-state index contributed by atoms with van der Waals surface area (Å²) in [6, 6.07) is 1.53. The second kappa shape index (κ2) is 4.69. The molecule has 2 N–H and O–H groups in total. The smallest absolute Gasteiger partial charge is 0.291 e. The first-order chi connectivity index (χ1) is 8.51. The summed E-state index contributed by atoms with van der Waals surface area (Å²) in [4.78, 5) is 20.1. The van der Waals surface area contributed by atoms with Gasteiger partial charge < -0.3 is 10.4 Å². The standard InChI is InChI=1S/C11H15N5O2/c1-6-4-8(3)16-11(13-6)14-9(15-16)10(18)12-7(2)5-17/h4,7,17H,5H2,1-3H3,(H,12,18). The molecule has 2 aromatic rings. The van der Waals surface area contributed by atoms with Crippen LogP contribution in [0.15, 0.2) is 6.07 Å². The first-order valence-corrected chi connectivity index (χ1v) is 5.64. The van der Waals surface area contributed by atoms with E-state index >= 15 is 0 Å². The molecule has 0 saturated heterocycles. The van der Waals surface area contributed by atoms with Gasteiger partial charge in [-0.2, -0.15) is 4.98 Å². The molecule has 0 spiro atoms. The van der Waals surface area contributed by atoms with Gasteiger partial charge >= 0.3 is 0 Å². The minimum Gasteiger partial charge on any atom is -0.394 e. The van der Waals surface area contributed by atoms with E-state index < -0.39 is 5.91 Å². The average molecular weight is 249 g/mol. The monoisotopic (exact) mass is 249 g/mol. The van der Waals surface area contributed by atoms with E-state index in [2.05, 4.69) is 20.4 Å². The van der Waals surface area contributed by atoms with E-state index in [4.69, 9.17) is 5.11 Å². The molecule has 0 aromatic carbocycles. The summed E-state index contributed by atoms with van der Waals surface area (Å²) < 4.78 is 1.52. The molecule has 0 aliphatic rings. The zero-order chi connectivity index (χ0) is 13.3. The number of aryl methyl sites for hydroxylation is 2. The third-order valence-corrected chi connectivity index (χ3v) is 2.47. The number of hydrogen-bond donors (Lipinski definition) is 2. The predicted molar refractivity (Wildman–Crippen MR) is 64.3 cm³/mol. The Hall–Kier alpha value is -2.02. The molecular weight excluding hydrogens is 234 g/mol. The molecule has 0 radical (unpaired) electrons. The number of aliphatic hydroxyl groups excluding tert-OH is 1. The van der Waals surface area contributed by atoms with E-state index in [1.54, 1.807) is 6.92 Å². The largest absolute Gasteiger partial charge is 0.394 e. The lowest BCUT2D eigenvalue weighted by atomic mass is 10.3. The van der Waals surface area contributed by atoms with Crippen molar-refractivity contribution in [2.24, 2.45) is 0 Å². The van der Waals surface area contributed by atoms with Crippen molar-refractivity contribution in [1.29, 1.82) is 0 Å². The molecule has 7 nitrogen and oxygen atoms in total. The second-order valence-electron chi connectivity index (χ2n) is 4.24. The number of rotatable bonds is 3. The lowest BCUT2D eigenvalue weighted by Crippen LogP contribution is -2.35. The molecule has 7 heteroatoms. The van der Waals surface area contributed by atoms with Gasteiger partial charge in [0.2, 0.25) is 5.82 Å². The number of nitrogens with one attached hydrogen (secondary N) is 1. The maximum absolute atomic E-state index is 11.8. The first kappa shape index (κ1) is 12.4. The summed E-state index contributed by atoms with van der Waals surface area (Å²) in [6.45, 7) is 5.29. The highest BCUT2D eigenvalue weighted by atomic mass is 16.3. The SMILES string of the molecule is Cc1cc(C)n2nc(C(=O)NC(C)CO)nc2n1. The van der Waals surface area contributed by atoms with Gasteiger partial charge in [0.05, 0.1) is 6.61 Å². The fourth-order valence-corrected chi connectivity index (χ4v) is 1.60. The Kier molecular flexibility index (Phi) is 3.24. The van der Waals surface area contributed by atoms with E-state index in [1.165, 1.54) is 4.52 Å². The number of hydrogen-bond acceptors (Lipinski definition) is 5. The summed E-state index contributed by atoms with van der Waals surface area (Å²) >= 11 is 0. The zero-order valence-corrected chi connectivity index (χ0v) is 10.5. The Morgan fingerprint density at radius 1 is 1.50 bits per heavy atom. The predicted octanol–water partition coefficient (Wildman–Crippen LogP) is -0.148. The highest BCUT2D eigenvalue weighted by Crippen LogP contribution is 2.05. The van der Waals surface area contributed by atoms with E-state index in [0.717, 1.165) is 11.4 Å². The van der Waals surface area contributed by atoms with Crippen LogP contribution < -0.4 is 5.32 Å². The molecule has 96 valence electrons. The molecule has 0 bridgehead atoms. The molecule has 2 aromatic heterocycles. The Labute approximate surface area is 104 Å². The molecule has 0 fully saturated rings. The molecule has 1 atom stereocenters. The minimum absolute atomic E-state index is 0.0523. The highest BCUT2D eigenvalue weighted by molar-refractivity contribution is 5.91. The zero-order valence-electron chi connectivity index (χ0n) is 10.5. The summed E-state index contributed by atoms with van der Waals surface area (Å²) in [5.74, 6) is 0.0323. The van der Waals surface area contributed by atoms with Crippen LogP contribution in [0.25, 0.3) is 5.78 Å².